The predicted octanol–water partition coefficient (Wildman–Crippen LogP) is 0.255. The van der Waals surface area contributed by atoms with E-state index in [1.165, 1.54) is 6.92 Å². The molecule has 1 rings (SSSR count). The lowest BCUT2D eigenvalue weighted by Gasteiger charge is -2.27. The molecule has 1 aromatic heterocycles. The van der Waals surface area contributed by atoms with Crippen molar-refractivity contribution in [3.05, 3.63) is 11.1 Å². The van der Waals surface area contributed by atoms with Gasteiger partial charge in [-0.3, -0.25) is 9.59 Å². The minimum atomic E-state index is -2.03. The Balaban J connectivity index is 3.17. The molecule has 9 nitrogen and oxygen atoms in total. The second kappa shape index (κ2) is 8.96. The van der Waals surface area contributed by atoms with Gasteiger partial charge in [0, 0.05) is 18.7 Å². The van der Waals surface area contributed by atoms with E-state index < -0.39 is 17.5 Å². The van der Waals surface area contributed by atoms with Gasteiger partial charge in [-0.1, -0.05) is 0 Å². The van der Waals surface area contributed by atoms with Gasteiger partial charge >= 0.3 is 11.9 Å². The van der Waals surface area contributed by atoms with Crippen LogP contribution < -0.4 is 10.6 Å². The van der Waals surface area contributed by atoms with Crippen LogP contribution in [0.5, 0.6) is 0 Å². The topological polar surface area (TPSA) is 124 Å². The predicted molar refractivity (Wildman–Crippen MR) is 85.3 cm³/mol. The molecule has 0 spiro atoms. The third-order valence-electron chi connectivity index (χ3n) is 2.83. The zero-order chi connectivity index (χ0) is 18.2. The quantitative estimate of drug-likeness (QED) is 0.369. The van der Waals surface area contributed by atoms with Crippen molar-refractivity contribution in [3.8, 4) is 0 Å². The number of thiazole rings is 1. The maximum absolute atomic E-state index is 12.3. The van der Waals surface area contributed by atoms with Crippen molar-refractivity contribution in [2.24, 2.45) is 0 Å². The summed E-state index contributed by atoms with van der Waals surface area (Å²) in [6, 6.07) is 0. The van der Waals surface area contributed by atoms with Crippen molar-refractivity contribution in [3.63, 3.8) is 0 Å². The van der Waals surface area contributed by atoms with Crippen molar-refractivity contribution in [2.75, 3.05) is 18.5 Å². The number of nitrogens with zero attached hydrogens (tertiary/aromatic N) is 1. The van der Waals surface area contributed by atoms with Crippen LogP contribution in [0.4, 0.5) is 5.13 Å². The van der Waals surface area contributed by atoms with E-state index in [4.69, 9.17) is 9.47 Å². The summed E-state index contributed by atoms with van der Waals surface area (Å²) >= 11 is 1.12. The Morgan fingerprint density at radius 2 is 1.83 bits per heavy atom. The molecular formula is C14H19N3O6S. The van der Waals surface area contributed by atoms with E-state index in [1.807, 2.05) is 0 Å². The van der Waals surface area contributed by atoms with Crippen molar-refractivity contribution in [1.82, 2.24) is 10.3 Å². The number of carbonyl (C=O) groups is 4. The highest BCUT2D eigenvalue weighted by Gasteiger charge is 2.49. The lowest BCUT2D eigenvalue weighted by Crippen LogP contribution is -2.61. The van der Waals surface area contributed by atoms with Gasteiger partial charge < -0.3 is 20.1 Å². The summed E-state index contributed by atoms with van der Waals surface area (Å²) in [5.41, 5.74) is -1.71. The summed E-state index contributed by atoms with van der Waals surface area (Å²) in [4.78, 5) is 50.8. The average molecular weight is 357 g/mol. The van der Waals surface area contributed by atoms with E-state index >= 15 is 0 Å². The molecule has 0 fully saturated rings. The third kappa shape index (κ3) is 4.75. The molecule has 0 unspecified atom stereocenters. The van der Waals surface area contributed by atoms with Crippen LogP contribution in [-0.2, 0) is 35.1 Å². The lowest BCUT2D eigenvalue weighted by molar-refractivity contribution is -0.167. The van der Waals surface area contributed by atoms with Gasteiger partial charge in [-0.15, -0.1) is 11.3 Å². The highest BCUT2D eigenvalue weighted by Crippen LogP contribution is 2.22. The van der Waals surface area contributed by atoms with E-state index in [9.17, 15) is 19.2 Å². The molecule has 0 bridgehead atoms. The molecule has 0 aliphatic heterocycles. The molecule has 0 aliphatic carbocycles. The fourth-order valence-corrected chi connectivity index (χ4v) is 2.63. The Morgan fingerprint density at radius 3 is 2.29 bits per heavy atom. The Kier molecular flexibility index (Phi) is 7.31. The Bertz CT molecular complexity index is 597. The van der Waals surface area contributed by atoms with Gasteiger partial charge in [0.05, 0.1) is 18.9 Å². The van der Waals surface area contributed by atoms with Gasteiger partial charge in [-0.25, -0.2) is 14.6 Å². The lowest BCUT2D eigenvalue weighted by atomic mass is 9.93. The number of carbonyl (C=O) groups excluding carboxylic acids is 4. The molecule has 1 heterocycles. The number of ether oxygens (including phenoxy) is 2. The second-order valence-corrected chi connectivity index (χ2v) is 5.47. The first kappa shape index (κ1) is 19.6. The van der Waals surface area contributed by atoms with Crippen molar-refractivity contribution >= 4 is 40.7 Å². The summed E-state index contributed by atoms with van der Waals surface area (Å²) in [5.74, 6) is -2.18. The number of nitrogens with one attached hydrogen (secondary N) is 2. The first-order chi connectivity index (χ1) is 11.4. The summed E-state index contributed by atoms with van der Waals surface area (Å²) < 4.78 is 9.83. The van der Waals surface area contributed by atoms with Gasteiger partial charge in [-0.05, 0) is 13.8 Å². The number of hydrogen-bond donors (Lipinski definition) is 2. The van der Waals surface area contributed by atoms with Crippen LogP contribution in [0.3, 0.4) is 0 Å². The molecule has 0 atom stereocenters. The molecule has 0 aliphatic rings. The maximum Gasteiger partial charge on any atom is 0.344 e. The van der Waals surface area contributed by atoms with Crippen LogP contribution in [0, 0.1) is 0 Å². The van der Waals surface area contributed by atoms with Crippen molar-refractivity contribution in [2.45, 2.75) is 32.7 Å². The summed E-state index contributed by atoms with van der Waals surface area (Å²) in [6.45, 7) is 4.53. The third-order valence-corrected chi connectivity index (χ3v) is 3.64. The van der Waals surface area contributed by atoms with Crippen LogP contribution in [0.25, 0.3) is 0 Å². The summed E-state index contributed by atoms with van der Waals surface area (Å²) in [6.07, 6.45) is -0.0333. The summed E-state index contributed by atoms with van der Waals surface area (Å²) in [7, 11) is 0. The zero-order valence-electron chi connectivity index (χ0n) is 13.6. The van der Waals surface area contributed by atoms with Crippen LogP contribution in [0.15, 0.2) is 5.38 Å². The van der Waals surface area contributed by atoms with Crippen molar-refractivity contribution in [1.29, 1.82) is 0 Å². The maximum atomic E-state index is 12.3. The molecule has 24 heavy (non-hydrogen) atoms. The minimum Gasteiger partial charge on any atom is -0.464 e. The molecule has 1 aromatic rings. The first-order valence-corrected chi connectivity index (χ1v) is 8.05. The van der Waals surface area contributed by atoms with Gasteiger partial charge in [0.15, 0.2) is 5.13 Å². The number of anilines is 1. The largest absolute Gasteiger partial charge is 0.464 e. The molecule has 2 N–H and O–H groups in total. The molecule has 0 saturated heterocycles. The smallest absolute Gasteiger partial charge is 0.344 e. The molecule has 0 aromatic carbocycles. The molecule has 132 valence electrons. The van der Waals surface area contributed by atoms with E-state index in [0.717, 1.165) is 11.3 Å². The number of amides is 2. The molecule has 10 heteroatoms. The van der Waals surface area contributed by atoms with Gasteiger partial charge in [0.2, 0.25) is 17.9 Å². The van der Waals surface area contributed by atoms with Crippen LogP contribution in [-0.4, -0.2) is 48.0 Å². The molecule has 2 amide bonds. The molecule has 0 saturated carbocycles. The van der Waals surface area contributed by atoms with Crippen LogP contribution >= 0.6 is 11.3 Å². The van der Waals surface area contributed by atoms with Crippen LogP contribution in [0.1, 0.15) is 26.5 Å². The Labute approximate surface area is 142 Å². The van der Waals surface area contributed by atoms with Crippen molar-refractivity contribution < 1.29 is 28.7 Å². The van der Waals surface area contributed by atoms with Gasteiger partial charge in [0.25, 0.3) is 0 Å². The number of rotatable bonds is 9. The molecular weight excluding hydrogens is 338 g/mol. The van der Waals surface area contributed by atoms with Crippen LogP contribution in [0.2, 0.25) is 0 Å². The monoisotopic (exact) mass is 357 g/mol. The average Bonchev–Trinajstić information content (AvgIpc) is 2.93. The van der Waals surface area contributed by atoms with Gasteiger partial charge in [0.1, 0.15) is 0 Å². The fraction of sp³-hybridized carbons (Fsp3) is 0.500. The zero-order valence-corrected chi connectivity index (χ0v) is 14.4. The van der Waals surface area contributed by atoms with Gasteiger partial charge in [-0.2, -0.15) is 0 Å². The Morgan fingerprint density at radius 1 is 1.25 bits per heavy atom. The highest BCUT2D eigenvalue weighted by atomic mass is 32.1. The highest BCUT2D eigenvalue weighted by molar-refractivity contribution is 7.13. The first-order valence-electron chi connectivity index (χ1n) is 7.17. The minimum absolute atomic E-state index is 0.0226. The fourth-order valence-electron chi connectivity index (χ4n) is 1.87. The normalized spacial score (nSPS) is 10.6. The number of esters is 2. The SMILES string of the molecule is CCOC(=O)C(Cc1csc(NC(C)=O)n1)(NC=O)C(=O)OCC. The molecule has 0 radical (unpaired) electrons. The van der Waals surface area contributed by atoms with E-state index in [0.29, 0.717) is 10.8 Å². The summed E-state index contributed by atoms with van der Waals surface area (Å²) in [5, 5.41) is 6.58. The van der Waals surface area contributed by atoms with E-state index in [-0.39, 0.29) is 32.0 Å². The Hall–Kier alpha value is -2.49. The van der Waals surface area contributed by atoms with E-state index in [1.54, 1.807) is 19.2 Å². The number of aromatic nitrogens is 1. The standard InChI is InChI=1S/C14H19N3O6S/c1-4-22-11(20)14(15-8-18,12(21)23-5-2)6-10-7-24-13(17-10)16-9(3)19/h7-8H,4-6H2,1-3H3,(H,15,18)(H,16,17,19). The van der Waals surface area contributed by atoms with E-state index in [2.05, 4.69) is 15.6 Å². The second-order valence-electron chi connectivity index (χ2n) is 4.61. The number of hydrogen-bond acceptors (Lipinski definition) is 8.